The first-order chi connectivity index (χ1) is 15.0. The van der Waals surface area contributed by atoms with Crippen molar-refractivity contribution in [3.8, 4) is 0 Å². The normalized spacial score (nSPS) is 15.5. The molecule has 0 saturated carbocycles. The molecule has 0 spiro atoms. The number of sulfonamides is 1. The summed E-state index contributed by atoms with van der Waals surface area (Å²) in [4.78, 5) is 14.7. The van der Waals surface area contributed by atoms with E-state index in [1.807, 2.05) is 54.6 Å². The molecular formula is C22H21N5O3S. The van der Waals surface area contributed by atoms with Crippen LogP contribution in [0.4, 0.5) is 0 Å². The summed E-state index contributed by atoms with van der Waals surface area (Å²) >= 11 is 0. The minimum absolute atomic E-state index is 0.0813. The maximum atomic E-state index is 13.1. The molecule has 3 aromatic carbocycles. The number of hydrogen-bond donors (Lipinski definition) is 0. The molecule has 1 fully saturated rings. The number of piperazine rings is 1. The number of carbonyl (C=O) groups is 1. The number of hydrogen-bond acceptors (Lipinski definition) is 5. The Hall–Kier alpha value is -3.30. The quantitative estimate of drug-likeness (QED) is 0.490. The van der Waals surface area contributed by atoms with E-state index in [0.29, 0.717) is 13.1 Å². The summed E-state index contributed by atoms with van der Waals surface area (Å²) in [5.41, 5.74) is 1.54. The minimum atomic E-state index is -3.61. The molecule has 8 nitrogen and oxygen atoms in total. The molecule has 4 aromatic rings. The molecule has 0 radical (unpaired) electrons. The van der Waals surface area contributed by atoms with Gasteiger partial charge in [-0.1, -0.05) is 47.7 Å². The summed E-state index contributed by atoms with van der Waals surface area (Å²) in [6.45, 7) is 1.30. The third-order valence-corrected chi connectivity index (χ3v) is 7.55. The van der Waals surface area contributed by atoms with Crippen LogP contribution in [0.3, 0.4) is 0 Å². The third kappa shape index (κ3) is 3.66. The van der Waals surface area contributed by atoms with Gasteiger partial charge in [-0.2, -0.15) is 4.31 Å². The van der Waals surface area contributed by atoms with E-state index in [-0.39, 0.29) is 30.4 Å². The molecule has 0 atom stereocenters. The second-order valence-corrected chi connectivity index (χ2v) is 9.47. The molecule has 1 aliphatic rings. The molecule has 0 N–H and O–H groups in total. The molecular weight excluding hydrogens is 414 g/mol. The predicted molar refractivity (Wildman–Crippen MR) is 117 cm³/mol. The number of rotatable bonds is 4. The Morgan fingerprint density at radius 1 is 0.871 bits per heavy atom. The van der Waals surface area contributed by atoms with E-state index in [1.165, 1.54) is 4.31 Å². The maximum Gasteiger partial charge on any atom is 0.244 e. The van der Waals surface area contributed by atoms with E-state index >= 15 is 0 Å². The molecule has 1 saturated heterocycles. The summed E-state index contributed by atoms with van der Waals surface area (Å²) in [5.74, 6) is -0.0987. The summed E-state index contributed by atoms with van der Waals surface area (Å²) in [6, 6.07) is 20.3. The lowest BCUT2D eigenvalue weighted by Gasteiger charge is -2.34. The number of nitrogens with zero attached hydrogens (tertiary/aromatic N) is 5. The van der Waals surface area contributed by atoms with Crippen molar-refractivity contribution < 1.29 is 13.2 Å². The maximum absolute atomic E-state index is 13.1. The Morgan fingerprint density at radius 2 is 1.58 bits per heavy atom. The molecule has 9 heteroatoms. The van der Waals surface area contributed by atoms with Crippen LogP contribution in [-0.2, 0) is 21.4 Å². The van der Waals surface area contributed by atoms with E-state index in [1.54, 1.807) is 21.7 Å². The van der Waals surface area contributed by atoms with Crippen molar-refractivity contribution in [2.24, 2.45) is 0 Å². The van der Waals surface area contributed by atoms with Crippen molar-refractivity contribution in [2.45, 2.75) is 11.4 Å². The molecule has 1 amide bonds. The Bertz CT molecular complexity index is 1370. The van der Waals surface area contributed by atoms with Gasteiger partial charge in [-0.05, 0) is 35.0 Å². The van der Waals surface area contributed by atoms with Crippen molar-refractivity contribution in [2.75, 3.05) is 26.2 Å². The van der Waals surface area contributed by atoms with E-state index in [4.69, 9.17) is 0 Å². The molecule has 0 unspecified atom stereocenters. The van der Waals surface area contributed by atoms with E-state index in [2.05, 4.69) is 10.3 Å². The first-order valence-electron chi connectivity index (χ1n) is 10.1. The highest BCUT2D eigenvalue weighted by atomic mass is 32.2. The zero-order valence-electron chi connectivity index (χ0n) is 16.8. The highest BCUT2D eigenvalue weighted by molar-refractivity contribution is 7.89. The van der Waals surface area contributed by atoms with Crippen LogP contribution in [0.1, 0.15) is 0 Å². The molecule has 0 aliphatic carbocycles. The molecule has 2 heterocycles. The minimum Gasteiger partial charge on any atom is -0.338 e. The van der Waals surface area contributed by atoms with Gasteiger partial charge in [0.15, 0.2) is 0 Å². The zero-order valence-corrected chi connectivity index (χ0v) is 17.6. The van der Waals surface area contributed by atoms with Gasteiger partial charge in [0.25, 0.3) is 0 Å². The van der Waals surface area contributed by atoms with Crippen molar-refractivity contribution >= 4 is 37.7 Å². The summed E-state index contributed by atoms with van der Waals surface area (Å²) < 4.78 is 29.2. The number of carbonyl (C=O) groups excluding carboxylic acids is 1. The van der Waals surface area contributed by atoms with Crippen LogP contribution >= 0.6 is 0 Å². The van der Waals surface area contributed by atoms with Crippen molar-refractivity contribution in [3.05, 3.63) is 66.7 Å². The Balaban J connectivity index is 1.27. The zero-order chi connectivity index (χ0) is 21.4. The number of para-hydroxylation sites is 1. The van der Waals surface area contributed by atoms with Crippen LogP contribution < -0.4 is 0 Å². The van der Waals surface area contributed by atoms with Crippen LogP contribution in [0, 0.1) is 0 Å². The highest BCUT2D eigenvalue weighted by Crippen LogP contribution is 2.23. The van der Waals surface area contributed by atoms with E-state index < -0.39 is 10.0 Å². The standard InChI is InChI=1S/C22H21N5O3S/c28-22(16-27-21-8-4-3-7-20(21)23-24-27)25-11-13-26(14-12-25)31(29,30)19-10-9-17-5-1-2-6-18(17)15-19/h1-10,15H,11-14,16H2. The first kappa shape index (κ1) is 19.7. The number of fused-ring (bicyclic) bond motifs is 2. The van der Waals surface area contributed by atoms with Crippen LogP contribution in [0.25, 0.3) is 21.8 Å². The average Bonchev–Trinajstić information content (AvgIpc) is 3.21. The van der Waals surface area contributed by atoms with Crippen LogP contribution in [0.2, 0.25) is 0 Å². The predicted octanol–water partition coefficient (Wildman–Crippen LogP) is 2.12. The number of aromatic nitrogens is 3. The second-order valence-electron chi connectivity index (χ2n) is 7.53. The number of benzene rings is 3. The van der Waals surface area contributed by atoms with Gasteiger partial charge in [0.2, 0.25) is 15.9 Å². The highest BCUT2D eigenvalue weighted by Gasteiger charge is 2.30. The van der Waals surface area contributed by atoms with E-state index in [0.717, 1.165) is 21.8 Å². The largest absolute Gasteiger partial charge is 0.338 e. The van der Waals surface area contributed by atoms with Gasteiger partial charge in [0.1, 0.15) is 12.1 Å². The lowest BCUT2D eigenvalue weighted by atomic mass is 10.1. The van der Waals surface area contributed by atoms with Gasteiger partial charge in [-0.25, -0.2) is 13.1 Å². The second kappa shape index (κ2) is 7.75. The van der Waals surface area contributed by atoms with Crippen LogP contribution in [-0.4, -0.2) is 64.7 Å². The fourth-order valence-electron chi connectivity index (χ4n) is 3.92. The molecule has 31 heavy (non-hydrogen) atoms. The number of amides is 1. The monoisotopic (exact) mass is 435 g/mol. The first-order valence-corrected chi connectivity index (χ1v) is 11.5. The fourth-order valence-corrected chi connectivity index (χ4v) is 5.38. The van der Waals surface area contributed by atoms with Gasteiger partial charge in [0.05, 0.1) is 10.4 Å². The lowest BCUT2D eigenvalue weighted by molar-refractivity contribution is -0.133. The van der Waals surface area contributed by atoms with Gasteiger partial charge >= 0.3 is 0 Å². The molecule has 1 aromatic heterocycles. The van der Waals surface area contributed by atoms with Gasteiger partial charge < -0.3 is 4.90 Å². The topological polar surface area (TPSA) is 88.4 Å². The Labute approximate surface area is 179 Å². The molecule has 158 valence electrons. The molecule has 1 aliphatic heterocycles. The lowest BCUT2D eigenvalue weighted by Crippen LogP contribution is -2.51. The van der Waals surface area contributed by atoms with Crippen molar-refractivity contribution in [3.63, 3.8) is 0 Å². The Morgan fingerprint density at radius 3 is 2.39 bits per heavy atom. The SMILES string of the molecule is O=C(Cn1nnc2ccccc21)N1CCN(S(=O)(=O)c2ccc3ccccc3c2)CC1. The summed E-state index contributed by atoms with van der Waals surface area (Å²) in [7, 11) is -3.61. The third-order valence-electron chi connectivity index (χ3n) is 5.66. The fraction of sp³-hybridized carbons (Fsp3) is 0.227. The van der Waals surface area contributed by atoms with Crippen LogP contribution in [0.5, 0.6) is 0 Å². The smallest absolute Gasteiger partial charge is 0.244 e. The van der Waals surface area contributed by atoms with Gasteiger partial charge in [-0.15, -0.1) is 5.10 Å². The van der Waals surface area contributed by atoms with Crippen LogP contribution in [0.15, 0.2) is 71.6 Å². The molecule has 0 bridgehead atoms. The Kier molecular flexibility index (Phi) is 4.91. The van der Waals surface area contributed by atoms with Crippen molar-refractivity contribution in [1.82, 2.24) is 24.2 Å². The summed E-state index contributed by atoms with van der Waals surface area (Å²) in [5, 5.41) is 10.0. The average molecular weight is 436 g/mol. The molecule has 5 rings (SSSR count). The summed E-state index contributed by atoms with van der Waals surface area (Å²) in [6.07, 6.45) is 0. The van der Waals surface area contributed by atoms with Gasteiger partial charge in [-0.3, -0.25) is 4.79 Å². The van der Waals surface area contributed by atoms with Gasteiger partial charge in [0, 0.05) is 26.2 Å². The van der Waals surface area contributed by atoms with E-state index in [9.17, 15) is 13.2 Å². The van der Waals surface area contributed by atoms with Crippen molar-refractivity contribution in [1.29, 1.82) is 0 Å².